The number of nitrogens with one attached hydrogen (secondary N) is 2. The van der Waals surface area contributed by atoms with Gasteiger partial charge in [-0.15, -0.1) is 0 Å². The highest BCUT2D eigenvalue weighted by atomic mass is 32.2. The van der Waals surface area contributed by atoms with Crippen LogP contribution in [0.4, 0.5) is 0 Å². The summed E-state index contributed by atoms with van der Waals surface area (Å²) in [5, 5.41) is 6.49. The first-order valence-corrected chi connectivity index (χ1v) is 12.3. The first kappa shape index (κ1) is 20.7. The summed E-state index contributed by atoms with van der Waals surface area (Å²) in [5.74, 6) is 7.02. The smallest absolute Gasteiger partial charge is 0.295 e. The largest absolute Gasteiger partial charge is 0.345 e. The summed E-state index contributed by atoms with van der Waals surface area (Å²) >= 11 is 0. The third-order valence-electron chi connectivity index (χ3n) is 6.70. The minimum absolute atomic E-state index is 0.223. The maximum absolute atomic E-state index is 12.7. The molecule has 2 aliphatic carbocycles. The number of hydrogen-bond donors (Lipinski definition) is 2. The fourth-order valence-electron chi connectivity index (χ4n) is 4.51. The molecule has 5 nitrogen and oxygen atoms in total. The van der Waals surface area contributed by atoms with Crippen LogP contribution in [0.3, 0.4) is 0 Å². The van der Waals surface area contributed by atoms with Gasteiger partial charge in [0.25, 0.3) is 5.91 Å². The molecule has 1 spiro atoms. The van der Waals surface area contributed by atoms with Crippen LogP contribution in [0.2, 0.25) is 0 Å². The van der Waals surface area contributed by atoms with Crippen molar-refractivity contribution in [2.45, 2.75) is 76.0 Å². The maximum Gasteiger partial charge on any atom is 0.295 e. The lowest BCUT2D eigenvalue weighted by molar-refractivity contribution is -0.116. The van der Waals surface area contributed by atoms with Crippen molar-refractivity contribution in [1.29, 1.82) is 0 Å². The van der Waals surface area contributed by atoms with Gasteiger partial charge in [-0.25, -0.2) is 8.42 Å². The normalized spacial score (nSPS) is 31.8. The van der Waals surface area contributed by atoms with Crippen LogP contribution in [0.25, 0.3) is 0 Å². The van der Waals surface area contributed by atoms with Crippen molar-refractivity contribution in [2.75, 3.05) is 18.8 Å². The first-order valence-electron chi connectivity index (χ1n) is 10.6. The topological polar surface area (TPSA) is 75.3 Å². The Morgan fingerprint density at radius 3 is 2.48 bits per heavy atom. The Kier molecular flexibility index (Phi) is 6.53. The number of rotatable bonds is 7. The number of amides is 1. The molecule has 1 amide bonds. The molecule has 1 atom stereocenters. The van der Waals surface area contributed by atoms with E-state index in [-0.39, 0.29) is 11.8 Å². The van der Waals surface area contributed by atoms with Crippen LogP contribution in [0.5, 0.6) is 0 Å². The lowest BCUT2D eigenvalue weighted by Gasteiger charge is -2.51. The highest BCUT2D eigenvalue weighted by Crippen LogP contribution is 2.49. The molecule has 6 heteroatoms. The molecule has 1 saturated heterocycles. The van der Waals surface area contributed by atoms with Crippen molar-refractivity contribution >= 4 is 15.7 Å². The van der Waals surface area contributed by atoms with Crippen LogP contribution < -0.4 is 10.6 Å². The van der Waals surface area contributed by atoms with Crippen LogP contribution in [0.15, 0.2) is 0 Å². The average molecular weight is 395 g/mol. The SMILES string of the molecule is CCC(CC)CNC1CCS(=O)(=O)C2(CC(CNC(=O)C#CC3CC3)C2)C1. The van der Waals surface area contributed by atoms with Gasteiger partial charge in [0.1, 0.15) is 0 Å². The van der Waals surface area contributed by atoms with Crippen LogP contribution in [0.1, 0.15) is 65.2 Å². The Hall–Kier alpha value is -1.06. The predicted octanol–water partition coefficient (Wildman–Crippen LogP) is 2.27. The maximum atomic E-state index is 12.7. The Labute approximate surface area is 164 Å². The molecule has 0 aromatic rings. The van der Waals surface area contributed by atoms with Gasteiger partial charge in [0.15, 0.2) is 9.84 Å². The van der Waals surface area contributed by atoms with E-state index in [1.165, 1.54) is 0 Å². The minimum Gasteiger partial charge on any atom is -0.345 e. The molecule has 0 bridgehead atoms. The highest BCUT2D eigenvalue weighted by Gasteiger charge is 2.56. The molecule has 3 rings (SSSR count). The van der Waals surface area contributed by atoms with E-state index < -0.39 is 14.6 Å². The lowest BCUT2D eigenvalue weighted by atomic mass is 9.70. The van der Waals surface area contributed by atoms with Gasteiger partial charge in [0.05, 0.1) is 10.5 Å². The van der Waals surface area contributed by atoms with Crippen molar-refractivity contribution in [3.63, 3.8) is 0 Å². The third-order valence-corrected chi connectivity index (χ3v) is 9.30. The molecule has 0 radical (unpaired) electrons. The van der Waals surface area contributed by atoms with Crippen LogP contribution in [-0.4, -0.2) is 44.0 Å². The fourth-order valence-corrected chi connectivity index (χ4v) is 6.97. The average Bonchev–Trinajstić information content (AvgIpc) is 3.43. The standard InChI is InChI=1S/C21H34N2O3S/c1-3-16(4-2)14-22-19-9-10-27(25,26)21(13-19)11-18(12-21)15-23-20(24)8-7-17-5-6-17/h16-19,22H,3-6,9-15H2,1-2H3,(H,23,24). The fraction of sp³-hybridized carbons (Fsp3) is 0.857. The summed E-state index contributed by atoms with van der Waals surface area (Å²) in [7, 11) is -3.03. The molecular weight excluding hydrogens is 360 g/mol. The van der Waals surface area contributed by atoms with E-state index in [1.54, 1.807) is 0 Å². The zero-order chi connectivity index (χ0) is 19.5. The molecule has 0 aromatic carbocycles. The lowest BCUT2D eigenvalue weighted by Crippen LogP contribution is -2.60. The number of carbonyl (C=O) groups is 1. The number of sulfone groups is 1. The van der Waals surface area contributed by atoms with Gasteiger partial charge in [0, 0.05) is 18.5 Å². The van der Waals surface area contributed by atoms with Gasteiger partial charge in [-0.1, -0.05) is 32.6 Å². The molecule has 1 unspecified atom stereocenters. The van der Waals surface area contributed by atoms with Crippen molar-refractivity contribution in [3.05, 3.63) is 0 Å². The summed E-state index contributed by atoms with van der Waals surface area (Å²) in [5.41, 5.74) is 0. The van der Waals surface area contributed by atoms with Gasteiger partial charge < -0.3 is 10.6 Å². The molecule has 3 fully saturated rings. The molecule has 1 heterocycles. The molecule has 27 heavy (non-hydrogen) atoms. The van der Waals surface area contributed by atoms with Gasteiger partial charge in [-0.2, -0.15) is 0 Å². The van der Waals surface area contributed by atoms with Crippen molar-refractivity contribution in [2.24, 2.45) is 17.8 Å². The zero-order valence-electron chi connectivity index (χ0n) is 16.7. The Balaban J connectivity index is 1.47. The van der Waals surface area contributed by atoms with Gasteiger partial charge in [0.2, 0.25) is 0 Å². The molecule has 2 N–H and O–H groups in total. The van der Waals surface area contributed by atoms with E-state index in [0.29, 0.717) is 43.0 Å². The quantitative estimate of drug-likeness (QED) is 0.650. The summed E-state index contributed by atoms with van der Waals surface area (Å²) in [6, 6.07) is 0.300. The summed E-state index contributed by atoms with van der Waals surface area (Å²) in [6.45, 7) is 5.94. The summed E-state index contributed by atoms with van der Waals surface area (Å²) in [6.07, 6.45) is 7.33. The molecule has 3 aliphatic rings. The van der Waals surface area contributed by atoms with Crippen molar-refractivity contribution < 1.29 is 13.2 Å². The summed E-state index contributed by atoms with van der Waals surface area (Å²) < 4.78 is 24.9. The Morgan fingerprint density at radius 2 is 1.85 bits per heavy atom. The van der Waals surface area contributed by atoms with Crippen LogP contribution in [0, 0.1) is 29.6 Å². The second-order valence-electron chi connectivity index (χ2n) is 8.81. The van der Waals surface area contributed by atoms with Gasteiger partial charge in [-0.05, 0) is 62.8 Å². The Morgan fingerprint density at radius 1 is 1.15 bits per heavy atom. The molecule has 2 saturated carbocycles. The molecule has 0 aromatic heterocycles. The number of hydrogen-bond acceptors (Lipinski definition) is 4. The number of carbonyl (C=O) groups excluding carboxylic acids is 1. The van der Waals surface area contributed by atoms with Crippen LogP contribution in [-0.2, 0) is 14.6 Å². The highest BCUT2D eigenvalue weighted by molar-refractivity contribution is 7.92. The van der Waals surface area contributed by atoms with Gasteiger partial charge >= 0.3 is 0 Å². The third kappa shape index (κ3) is 5.06. The molecular formula is C21H34N2O3S. The predicted molar refractivity (Wildman–Crippen MR) is 108 cm³/mol. The van der Waals surface area contributed by atoms with E-state index in [1.807, 2.05) is 0 Å². The van der Waals surface area contributed by atoms with Gasteiger partial charge in [-0.3, -0.25) is 4.79 Å². The van der Waals surface area contributed by atoms with Crippen LogP contribution >= 0.6 is 0 Å². The second kappa shape index (κ2) is 8.53. The minimum atomic E-state index is -3.03. The van der Waals surface area contributed by atoms with E-state index in [0.717, 1.165) is 45.1 Å². The molecule has 1 aliphatic heterocycles. The van der Waals surface area contributed by atoms with Crippen molar-refractivity contribution in [3.8, 4) is 11.8 Å². The second-order valence-corrected chi connectivity index (χ2v) is 11.3. The molecule has 152 valence electrons. The summed E-state index contributed by atoms with van der Waals surface area (Å²) in [4.78, 5) is 11.8. The van der Waals surface area contributed by atoms with E-state index in [9.17, 15) is 13.2 Å². The van der Waals surface area contributed by atoms with E-state index >= 15 is 0 Å². The zero-order valence-corrected chi connectivity index (χ0v) is 17.5. The van der Waals surface area contributed by atoms with E-state index in [2.05, 4.69) is 36.3 Å². The van der Waals surface area contributed by atoms with Crippen molar-refractivity contribution in [1.82, 2.24) is 10.6 Å². The van der Waals surface area contributed by atoms with E-state index in [4.69, 9.17) is 0 Å². The Bertz CT molecular complexity index is 693. The first-order chi connectivity index (χ1) is 12.9. The monoisotopic (exact) mass is 394 g/mol.